The molecule has 0 amide bonds. The van der Waals surface area contributed by atoms with E-state index in [4.69, 9.17) is 14.2 Å². The summed E-state index contributed by atoms with van der Waals surface area (Å²) < 4.78 is 18.3. The number of esters is 2. The Balaban J connectivity index is 1.46. The van der Waals surface area contributed by atoms with Gasteiger partial charge < -0.3 is 29.5 Å². The SMILES string of the molecule is C/C=C(/C)C(=O)O[C@H]1[C@H](OC(=O)[C@@]2(C)O[C@@H]2C)C(C)(C)C[C@H]2C3=CC[C@@H]4[C@@]5(C)CC[C@H](O)C(C)(C)[C@@H]5CC[C@@]4(C)[C@]3(C)C[C@@H](O)[C@]21CO. The van der Waals surface area contributed by atoms with Gasteiger partial charge in [0, 0.05) is 11.0 Å². The number of hydrogen-bond donors (Lipinski definition) is 3. The van der Waals surface area contributed by atoms with Crippen LogP contribution < -0.4 is 0 Å². The first-order valence-electron chi connectivity index (χ1n) is 18.5. The molecular formula is C40H62O8. The highest BCUT2D eigenvalue weighted by Gasteiger charge is 2.74. The molecule has 1 heterocycles. The first-order valence-corrected chi connectivity index (χ1v) is 18.5. The van der Waals surface area contributed by atoms with Crippen LogP contribution >= 0.6 is 0 Å². The summed E-state index contributed by atoms with van der Waals surface area (Å²) in [6.07, 6.45) is 6.14. The van der Waals surface area contributed by atoms with Crippen LogP contribution in [0.2, 0.25) is 0 Å². The number of allylic oxidation sites excluding steroid dienone is 3. The van der Waals surface area contributed by atoms with Gasteiger partial charge in [0.05, 0.1) is 30.3 Å². The number of aliphatic hydroxyl groups excluding tert-OH is 3. The van der Waals surface area contributed by atoms with Crippen molar-refractivity contribution in [3.8, 4) is 0 Å². The van der Waals surface area contributed by atoms with E-state index >= 15 is 0 Å². The average molecular weight is 671 g/mol. The van der Waals surface area contributed by atoms with Gasteiger partial charge in [-0.3, -0.25) is 0 Å². The highest BCUT2D eigenvalue weighted by atomic mass is 16.7. The fourth-order valence-corrected chi connectivity index (χ4v) is 12.3. The minimum absolute atomic E-state index is 0.0442. The molecule has 0 unspecified atom stereocenters. The summed E-state index contributed by atoms with van der Waals surface area (Å²) in [5.74, 6) is -0.594. The summed E-state index contributed by atoms with van der Waals surface area (Å²) in [6.45, 7) is 22.4. The minimum Gasteiger partial charge on any atom is -0.456 e. The van der Waals surface area contributed by atoms with Gasteiger partial charge in [0.15, 0.2) is 11.7 Å². The van der Waals surface area contributed by atoms with E-state index in [0.29, 0.717) is 30.3 Å². The van der Waals surface area contributed by atoms with Gasteiger partial charge in [-0.25, -0.2) is 9.59 Å². The van der Waals surface area contributed by atoms with Gasteiger partial charge in [-0.2, -0.15) is 0 Å². The zero-order chi connectivity index (χ0) is 35.6. The number of carbonyl (C=O) groups is 2. The van der Waals surface area contributed by atoms with Gasteiger partial charge in [0.1, 0.15) is 6.10 Å². The fourth-order valence-electron chi connectivity index (χ4n) is 12.3. The lowest BCUT2D eigenvalue weighted by Gasteiger charge is -2.72. The molecule has 5 fully saturated rings. The van der Waals surface area contributed by atoms with Crippen molar-refractivity contribution in [2.75, 3.05) is 6.61 Å². The molecular weight excluding hydrogens is 608 g/mol. The van der Waals surface area contributed by atoms with Crippen molar-refractivity contribution in [3.63, 3.8) is 0 Å². The van der Waals surface area contributed by atoms with Crippen LogP contribution in [0.1, 0.15) is 121 Å². The van der Waals surface area contributed by atoms with Crippen molar-refractivity contribution in [2.45, 2.75) is 157 Å². The predicted octanol–water partition coefficient (Wildman–Crippen LogP) is 6.30. The standard InChI is InChI=1S/C40H62O8/c1-12-22(2)32(44)46-31-30(47-33(45)39(11)23(3)48-39)34(4,5)19-25-24-13-14-27-36(8)17-16-28(42)35(6,7)26(36)15-18-37(27,9)38(24,10)20-29(43)40(25,31)21-41/h12-13,23,25-31,41-43H,14-21H2,1-11H3/b22-12-/t23-,25+,26+,27-,28+,29-,30+,31+,36+,37-,38-,39+,40+/m1/s1. The van der Waals surface area contributed by atoms with Crippen molar-refractivity contribution >= 4 is 11.9 Å². The Bertz CT molecular complexity index is 1410. The smallest absolute Gasteiger partial charge is 0.341 e. The molecule has 8 heteroatoms. The predicted molar refractivity (Wildman–Crippen MR) is 182 cm³/mol. The monoisotopic (exact) mass is 670 g/mol. The molecule has 6 aliphatic rings. The molecule has 1 saturated heterocycles. The third-order valence-corrected chi connectivity index (χ3v) is 16.1. The van der Waals surface area contributed by atoms with Gasteiger partial charge >= 0.3 is 11.9 Å². The zero-order valence-electron chi connectivity index (χ0n) is 31.3. The molecule has 3 N–H and O–H groups in total. The molecule has 13 atom stereocenters. The first kappa shape index (κ1) is 36.1. The molecule has 6 rings (SSSR count). The van der Waals surface area contributed by atoms with Crippen LogP contribution in [-0.4, -0.2) is 70.0 Å². The molecule has 8 nitrogen and oxygen atoms in total. The van der Waals surface area contributed by atoms with Gasteiger partial charge in [-0.1, -0.05) is 66.2 Å². The largest absolute Gasteiger partial charge is 0.456 e. The Morgan fingerprint density at radius 1 is 0.938 bits per heavy atom. The molecule has 1 aliphatic heterocycles. The summed E-state index contributed by atoms with van der Waals surface area (Å²) >= 11 is 0. The van der Waals surface area contributed by atoms with Crippen molar-refractivity contribution in [1.82, 2.24) is 0 Å². The molecule has 5 aliphatic carbocycles. The van der Waals surface area contributed by atoms with E-state index in [1.165, 1.54) is 5.57 Å². The Morgan fingerprint density at radius 3 is 2.17 bits per heavy atom. The maximum absolute atomic E-state index is 13.6. The third kappa shape index (κ3) is 4.60. The van der Waals surface area contributed by atoms with Crippen LogP contribution in [-0.2, 0) is 23.8 Å². The Hall–Kier alpha value is -1.74. The van der Waals surface area contributed by atoms with E-state index in [1.54, 1.807) is 26.8 Å². The number of rotatable bonds is 5. The molecule has 48 heavy (non-hydrogen) atoms. The maximum atomic E-state index is 13.6. The van der Waals surface area contributed by atoms with E-state index in [-0.39, 0.29) is 39.8 Å². The summed E-state index contributed by atoms with van der Waals surface area (Å²) in [6, 6.07) is 0. The second kappa shape index (κ2) is 11.1. The van der Waals surface area contributed by atoms with Crippen LogP contribution in [0.25, 0.3) is 0 Å². The van der Waals surface area contributed by atoms with Crippen LogP contribution in [0.3, 0.4) is 0 Å². The van der Waals surface area contributed by atoms with Crippen LogP contribution in [0.5, 0.6) is 0 Å². The van der Waals surface area contributed by atoms with Crippen LogP contribution in [0.4, 0.5) is 0 Å². The number of carbonyl (C=O) groups excluding carboxylic acids is 2. The fraction of sp³-hybridized carbons (Fsp3) is 0.850. The molecule has 0 aromatic rings. The summed E-state index contributed by atoms with van der Waals surface area (Å²) in [5.41, 5.74) is -1.98. The highest BCUT2D eigenvalue weighted by molar-refractivity contribution is 5.88. The lowest BCUT2D eigenvalue weighted by Crippen LogP contribution is -2.72. The second-order valence-electron chi connectivity index (χ2n) is 18.9. The Morgan fingerprint density at radius 2 is 1.58 bits per heavy atom. The van der Waals surface area contributed by atoms with Gasteiger partial charge in [0.2, 0.25) is 0 Å². The summed E-state index contributed by atoms with van der Waals surface area (Å²) in [4.78, 5) is 27.2. The van der Waals surface area contributed by atoms with Gasteiger partial charge in [-0.05, 0) is 112 Å². The van der Waals surface area contributed by atoms with Crippen molar-refractivity contribution in [3.05, 3.63) is 23.3 Å². The molecule has 0 bridgehead atoms. The number of fused-ring (bicyclic) bond motifs is 7. The quantitative estimate of drug-likeness (QED) is 0.135. The number of ether oxygens (including phenoxy) is 3. The second-order valence-corrected chi connectivity index (χ2v) is 18.9. The van der Waals surface area contributed by atoms with Gasteiger partial charge in [0.25, 0.3) is 0 Å². The van der Waals surface area contributed by atoms with Crippen molar-refractivity contribution in [2.24, 2.45) is 50.2 Å². The Kier molecular flexibility index (Phi) is 8.36. The average Bonchev–Trinajstić information content (AvgIpc) is 3.63. The van der Waals surface area contributed by atoms with E-state index in [0.717, 1.165) is 32.1 Å². The van der Waals surface area contributed by atoms with E-state index in [1.807, 2.05) is 20.8 Å². The normalized spacial score (nSPS) is 50.5. The van der Waals surface area contributed by atoms with E-state index in [2.05, 4.69) is 40.7 Å². The highest BCUT2D eigenvalue weighted by Crippen LogP contribution is 2.76. The molecule has 0 radical (unpaired) electrons. The summed E-state index contributed by atoms with van der Waals surface area (Å²) in [7, 11) is 0. The molecule has 0 aromatic carbocycles. The lowest BCUT2D eigenvalue weighted by atomic mass is 9.33. The Labute approximate surface area is 288 Å². The molecule has 0 aromatic heterocycles. The molecule has 0 spiro atoms. The van der Waals surface area contributed by atoms with Crippen molar-refractivity contribution in [1.29, 1.82) is 0 Å². The third-order valence-electron chi connectivity index (χ3n) is 16.1. The van der Waals surface area contributed by atoms with Crippen LogP contribution in [0, 0.1) is 50.2 Å². The van der Waals surface area contributed by atoms with E-state index in [9.17, 15) is 24.9 Å². The van der Waals surface area contributed by atoms with E-state index < -0.39 is 53.3 Å². The van der Waals surface area contributed by atoms with Gasteiger partial charge in [-0.15, -0.1) is 0 Å². The topological polar surface area (TPSA) is 126 Å². The van der Waals surface area contributed by atoms with Crippen LogP contribution in [0.15, 0.2) is 23.3 Å². The molecule has 4 saturated carbocycles. The molecule has 270 valence electrons. The number of epoxide rings is 1. The maximum Gasteiger partial charge on any atom is 0.341 e. The number of aliphatic hydroxyl groups is 3. The minimum atomic E-state index is -1.27. The lowest BCUT2D eigenvalue weighted by molar-refractivity contribution is -0.266. The van der Waals surface area contributed by atoms with Crippen molar-refractivity contribution < 1.29 is 39.1 Å². The number of hydrogen-bond acceptors (Lipinski definition) is 8. The first-order chi connectivity index (χ1) is 22.1. The summed E-state index contributed by atoms with van der Waals surface area (Å²) in [5, 5.41) is 35.2. The zero-order valence-corrected chi connectivity index (χ0v) is 31.3.